The number of carbonyl (C=O) groups excluding carboxylic acids is 1. The fourth-order valence-corrected chi connectivity index (χ4v) is 3.37. The molecule has 2 heterocycles. The quantitative estimate of drug-likeness (QED) is 0.881. The maximum atomic E-state index is 12.6. The number of nitrogens with one attached hydrogen (secondary N) is 1. The van der Waals surface area contributed by atoms with Gasteiger partial charge in [-0.25, -0.2) is 0 Å². The molecule has 2 atom stereocenters. The van der Waals surface area contributed by atoms with Gasteiger partial charge in [-0.2, -0.15) is 0 Å². The second kappa shape index (κ2) is 4.97. The van der Waals surface area contributed by atoms with Crippen molar-refractivity contribution in [2.24, 2.45) is 0 Å². The van der Waals surface area contributed by atoms with Crippen molar-refractivity contribution in [1.29, 1.82) is 0 Å². The third kappa shape index (κ3) is 2.39. The molecule has 2 aliphatic heterocycles. The zero-order valence-corrected chi connectivity index (χ0v) is 11.6. The number of hydrogen-bond donors (Lipinski definition) is 1. The SMILES string of the molecule is CC1(C(=O)N2CCC(c3ccccc3)C2)CCCN1. The van der Waals surface area contributed by atoms with Crippen molar-refractivity contribution in [2.45, 2.75) is 37.6 Å². The molecule has 19 heavy (non-hydrogen) atoms. The highest BCUT2D eigenvalue weighted by atomic mass is 16.2. The first-order valence-electron chi connectivity index (χ1n) is 7.28. The van der Waals surface area contributed by atoms with Crippen molar-refractivity contribution in [3.8, 4) is 0 Å². The van der Waals surface area contributed by atoms with E-state index in [0.29, 0.717) is 11.8 Å². The fourth-order valence-electron chi connectivity index (χ4n) is 3.37. The van der Waals surface area contributed by atoms with E-state index in [0.717, 1.165) is 38.9 Å². The van der Waals surface area contributed by atoms with Crippen LogP contribution in [0.2, 0.25) is 0 Å². The highest BCUT2D eigenvalue weighted by Gasteiger charge is 2.41. The van der Waals surface area contributed by atoms with Crippen LogP contribution >= 0.6 is 0 Å². The molecule has 2 saturated heterocycles. The van der Waals surface area contributed by atoms with Crippen LogP contribution in [0.15, 0.2) is 30.3 Å². The molecule has 3 heteroatoms. The lowest BCUT2D eigenvalue weighted by molar-refractivity contribution is -0.136. The summed E-state index contributed by atoms with van der Waals surface area (Å²) in [4.78, 5) is 14.7. The van der Waals surface area contributed by atoms with Crippen LogP contribution in [0.25, 0.3) is 0 Å². The predicted molar refractivity (Wildman–Crippen MR) is 76.0 cm³/mol. The summed E-state index contributed by atoms with van der Waals surface area (Å²) in [5.74, 6) is 0.804. The van der Waals surface area contributed by atoms with Crippen LogP contribution in [0.3, 0.4) is 0 Å². The Morgan fingerprint density at radius 2 is 2.16 bits per heavy atom. The molecule has 0 spiro atoms. The monoisotopic (exact) mass is 258 g/mol. The first-order chi connectivity index (χ1) is 9.19. The molecule has 0 bridgehead atoms. The number of amides is 1. The molecule has 2 unspecified atom stereocenters. The standard InChI is InChI=1S/C16H22N2O/c1-16(9-5-10-17-16)15(19)18-11-8-14(12-18)13-6-3-2-4-7-13/h2-4,6-7,14,17H,5,8-12H2,1H3. The lowest BCUT2D eigenvalue weighted by atomic mass is 9.97. The van der Waals surface area contributed by atoms with Gasteiger partial charge in [0.2, 0.25) is 5.91 Å². The van der Waals surface area contributed by atoms with Crippen LogP contribution in [0.1, 0.15) is 37.7 Å². The molecule has 2 aliphatic rings. The van der Waals surface area contributed by atoms with Gasteiger partial charge in [0.25, 0.3) is 0 Å². The number of carbonyl (C=O) groups is 1. The van der Waals surface area contributed by atoms with Gasteiger partial charge in [-0.15, -0.1) is 0 Å². The van der Waals surface area contributed by atoms with E-state index in [9.17, 15) is 4.79 Å². The van der Waals surface area contributed by atoms with Crippen molar-refractivity contribution in [3.05, 3.63) is 35.9 Å². The molecule has 0 radical (unpaired) electrons. The smallest absolute Gasteiger partial charge is 0.242 e. The average Bonchev–Trinajstić information content (AvgIpc) is 3.09. The maximum Gasteiger partial charge on any atom is 0.242 e. The highest BCUT2D eigenvalue weighted by Crippen LogP contribution is 2.30. The van der Waals surface area contributed by atoms with Crippen LogP contribution in [0.5, 0.6) is 0 Å². The van der Waals surface area contributed by atoms with E-state index in [4.69, 9.17) is 0 Å². The summed E-state index contributed by atoms with van der Waals surface area (Å²) >= 11 is 0. The second-order valence-corrected chi connectivity index (χ2v) is 6.01. The van der Waals surface area contributed by atoms with Gasteiger partial charge in [-0.05, 0) is 38.3 Å². The molecule has 1 N–H and O–H groups in total. The molecule has 0 saturated carbocycles. The van der Waals surface area contributed by atoms with Crippen molar-refractivity contribution in [3.63, 3.8) is 0 Å². The third-order valence-electron chi connectivity index (χ3n) is 4.59. The van der Waals surface area contributed by atoms with Crippen LogP contribution < -0.4 is 5.32 Å². The molecular formula is C16H22N2O. The number of nitrogens with zero attached hydrogens (tertiary/aromatic N) is 1. The topological polar surface area (TPSA) is 32.3 Å². The fraction of sp³-hybridized carbons (Fsp3) is 0.562. The first kappa shape index (κ1) is 12.7. The number of hydrogen-bond acceptors (Lipinski definition) is 2. The van der Waals surface area contributed by atoms with Gasteiger partial charge in [0.1, 0.15) is 0 Å². The molecule has 102 valence electrons. The van der Waals surface area contributed by atoms with Gasteiger partial charge in [0.15, 0.2) is 0 Å². The summed E-state index contributed by atoms with van der Waals surface area (Å²) in [6, 6.07) is 10.6. The third-order valence-corrected chi connectivity index (χ3v) is 4.59. The normalized spacial score (nSPS) is 30.8. The maximum absolute atomic E-state index is 12.6. The minimum atomic E-state index is -0.314. The van der Waals surface area contributed by atoms with Crippen LogP contribution in [-0.2, 0) is 4.79 Å². The van der Waals surface area contributed by atoms with E-state index in [1.165, 1.54) is 5.56 Å². The Morgan fingerprint density at radius 3 is 2.84 bits per heavy atom. The molecule has 1 amide bonds. The summed E-state index contributed by atoms with van der Waals surface area (Å²) in [6.07, 6.45) is 3.17. The molecule has 2 fully saturated rings. The zero-order chi connectivity index (χ0) is 13.3. The molecule has 3 rings (SSSR count). The predicted octanol–water partition coefficient (Wildman–Crippen LogP) is 2.14. The highest BCUT2D eigenvalue weighted by molar-refractivity contribution is 5.86. The Kier molecular flexibility index (Phi) is 3.31. The minimum absolute atomic E-state index is 0.295. The lowest BCUT2D eigenvalue weighted by Crippen LogP contribution is -2.52. The van der Waals surface area contributed by atoms with Crippen LogP contribution in [-0.4, -0.2) is 36.0 Å². The van der Waals surface area contributed by atoms with E-state index in [-0.39, 0.29) is 5.54 Å². The first-order valence-corrected chi connectivity index (χ1v) is 7.28. The molecule has 0 aromatic heterocycles. The van der Waals surface area contributed by atoms with E-state index in [1.807, 2.05) is 6.07 Å². The number of rotatable bonds is 2. The number of likely N-dealkylation sites (tertiary alicyclic amines) is 1. The molecule has 3 nitrogen and oxygen atoms in total. The van der Waals surface area contributed by atoms with Crippen LogP contribution in [0.4, 0.5) is 0 Å². The summed E-state index contributed by atoms with van der Waals surface area (Å²) in [5.41, 5.74) is 1.05. The number of benzene rings is 1. The van der Waals surface area contributed by atoms with Crippen molar-refractivity contribution >= 4 is 5.91 Å². The molecule has 1 aromatic carbocycles. The Balaban J connectivity index is 1.67. The van der Waals surface area contributed by atoms with Gasteiger partial charge in [0, 0.05) is 19.0 Å². The molecule has 1 aromatic rings. The second-order valence-electron chi connectivity index (χ2n) is 6.01. The largest absolute Gasteiger partial charge is 0.340 e. The summed E-state index contributed by atoms with van der Waals surface area (Å²) in [6.45, 7) is 4.80. The van der Waals surface area contributed by atoms with E-state index >= 15 is 0 Å². The average molecular weight is 258 g/mol. The minimum Gasteiger partial charge on any atom is -0.340 e. The van der Waals surface area contributed by atoms with E-state index < -0.39 is 0 Å². The van der Waals surface area contributed by atoms with E-state index in [1.54, 1.807) is 0 Å². The Bertz CT molecular complexity index is 451. The van der Waals surface area contributed by atoms with Gasteiger partial charge in [0.05, 0.1) is 5.54 Å². The Hall–Kier alpha value is -1.35. The van der Waals surface area contributed by atoms with Gasteiger partial charge >= 0.3 is 0 Å². The lowest BCUT2D eigenvalue weighted by Gasteiger charge is -2.29. The van der Waals surface area contributed by atoms with Gasteiger partial charge in [-0.3, -0.25) is 4.79 Å². The van der Waals surface area contributed by atoms with Gasteiger partial charge < -0.3 is 10.2 Å². The summed E-state index contributed by atoms with van der Waals surface area (Å²) < 4.78 is 0. The van der Waals surface area contributed by atoms with E-state index in [2.05, 4.69) is 41.4 Å². The molecule has 0 aliphatic carbocycles. The zero-order valence-electron chi connectivity index (χ0n) is 11.6. The van der Waals surface area contributed by atoms with Crippen LogP contribution in [0, 0.1) is 0 Å². The van der Waals surface area contributed by atoms with Crippen molar-refractivity contribution in [2.75, 3.05) is 19.6 Å². The van der Waals surface area contributed by atoms with Crippen molar-refractivity contribution in [1.82, 2.24) is 10.2 Å². The molecular weight excluding hydrogens is 236 g/mol. The Morgan fingerprint density at radius 1 is 1.37 bits per heavy atom. The Labute approximate surface area is 115 Å². The summed E-state index contributed by atoms with van der Waals surface area (Å²) in [7, 11) is 0. The van der Waals surface area contributed by atoms with Gasteiger partial charge in [-0.1, -0.05) is 30.3 Å². The van der Waals surface area contributed by atoms with Crippen molar-refractivity contribution < 1.29 is 4.79 Å². The summed E-state index contributed by atoms with van der Waals surface area (Å²) in [5, 5.41) is 3.37.